The molecule has 4 nitrogen and oxygen atoms in total. The van der Waals surface area contributed by atoms with E-state index in [4.69, 9.17) is 9.15 Å². The number of hydrogen-bond acceptors (Lipinski definition) is 3. The molecule has 0 aliphatic carbocycles. The second-order valence-electron chi connectivity index (χ2n) is 12.1. The minimum Gasteiger partial charge on any atom is -0.463 e. The van der Waals surface area contributed by atoms with Crippen molar-refractivity contribution in [2.24, 2.45) is 0 Å². The lowest BCUT2D eigenvalue weighted by molar-refractivity contribution is 0.263. The molecule has 7 aromatic carbocycles. The number of nitrogens with one attached hydrogen (secondary N) is 1. The summed E-state index contributed by atoms with van der Waals surface area (Å²) in [5, 5.41) is 8.27. The van der Waals surface area contributed by atoms with E-state index in [1.165, 1.54) is 27.4 Å². The first kappa shape index (κ1) is 26.0. The number of benzene rings is 7. The number of aromatic nitrogens is 1. The van der Waals surface area contributed by atoms with E-state index in [9.17, 15) is 0 Å². The van der Waals surface area contributed by atoms with E-state index in [1.54, 1.807) is 0 Å². The number of para-hydroxylation sites is 3. The molecule has 2 aromatic heterocycles. The van der Waals surface area contributed by atoms with Gasteiger partial charge in [0.25, 0.3) is 0 Å². The fourth-order valence-corrected chi connectivity index (χ4v) is 7.25. The van der Waals surface area contributed by atoms with Gasteiger partial charge in [0.15, 0.2) is 12.0 Å². The van der Waals surface area contributed by atoms with Crippen molar-refractivity contribution in [3.05, 3.63) is 163 Å². The smallest absolute Gasteiger partial charge is 0.196 e. The number of rotatable bonds is 4. The Hall–Kier alpha value is -6.26. The molecule has 222 valence electrons. The molecule has 9 aromatic rings. The number of hydrogen-bond donors (Lipinski definition) is 1. The van der Waals surface area contributed by atoms with E-state index in [0.29, 0.717) is 0 Å². The molecule has 1 unspecified atom stereocenters. The molecule has 47 heavy (non-hydrogen) atoms. The lowest BCUT2D eigenvalue weighted by Gasteiger charge is -2.13. The maximum atomic E-state index is 6.76. The molecule has 0 fully saturated rings. The van der Waals surface area contributed by atoms with Crippen LogP contribution in [-0.4, -0.2) is 4.57 Å². The summed E-state index contributed by atoms with van der Waals surface area (Å²) in [7, 11) is 0. The number of nitrogens with zero attached hydrogens (tertiary/aromatic N) is 1. The first-order valence-electron chi connectivity index (χ1n) is 16.0. The van der Waals surface area contributed by atoms with Gasteiger partial charge >= 0.3 is 0 Å². The summed E-state index contributed by atoms with van der Waals surface area (Å²) < 4.78 is 15.4. The highest BCUT2D eigenvalue weighted by Crippen LogP contribution is 2.51. The average Bonchev–Trinajstić information content (AvgIpc) is 3.84. The second kappa shape index (κ2) is 10.1. The van der Waals surface area contributed by atoms with E-state index in [1.807, 2.05) is 24.3 Å². The maximum absolute atomic E-state index is 6.76. The summed E-state index contributed by atoms with van der Waals surface area (Å²) in [6.07, 6.45) is -0.327. The van der Waals surface area contributed by atoms with E-state index in [0.717, 1.165) is 61.3 Å². The minimum absolute atomic E-state index is 0.327. The Morgan fingerprint density at radius 3 is 2.02 bits per heavy atom. The number of fused-ring (bicyclic) bond motifs is 8. The van der Waals surface area contributed by atoms with Crippen molar-refractivity contribution in [1.29, 1.82) is 0 Å². The zero-order valence-corrected chi connectivity index (χ0v) is 25.4. The van der Waals surface area contributed by atoms with Crippen molar-refractivity contribution in [2.75, 3.05) is 5.32 Å². The molecule has 1 aliphatic heterocycles. The van der Waals surface area contributed by atoms with Crippen molar-refractivity contribution in [1.82, 2.24) is 4.57 Å². The van der Waals surface area contributed by atoms with Gasteiger partial charge in [-0.3, -0.25) is 0 Å². The monoisotopic (exact) mass is 604 g/mol. The fraction of sp³-hybridized carbons (Fsp3) is 0.0233. The van der Waals surface area contributed by atoms with Gasteiger partial charge in [-0.25, -0.2) is 0 Å². The molecule has 0 amide bonds. The molecule has 0 spiro atoms. The van der Waals surface area contributed by atoms with Crippen molar-refractivity contribution in [3.8, 4) is 33.7 Å². The maximum Gasteiger partial charge on any atom is 0.196 e. The fourth-order valence-electron chi connectivity index (χ4n) is 7.25. The van der Waals surface area contributed by atoms with Gasteiger partial charge in [0, 0.05) is 33.0 Å². The van der Waals surface area contributed by atoms with Crippen LogP contribution in [0, 0.1) is 0 Å². The van der Waals surface area contributed by atoms with E-state index < -0.39 is 0 Å². The zero-order valence-electron chi connectivity index (χ0n) is 25.4. The molecule has 4 heteroatoms. The van der Waals surface area contributed by atoms with Crippen LogP contribution in [0.3, 0.4) is 0 Å². The van der Waals surface area contributed by atoms with Crippen LogP contribution in [0.25, 0.3) is 71.7 Å². The summed E-state index contributed by atoms with van der Waals surface area (Å²) in [6.45, 7) is 0. The summed E-state index contributed by atoms with van der Waals surface area (Å²) in [5.41, 5.74) is 11.8. The van der Waals surface area contributed by atoms with Crippen LogP contribution in [0.4, 0.5) is 5.69 Å². The average molecular weight is 605 g/mol. The molecule has 0 radical (unpaired) electrons. The Morgan fingerprint density at radius 2 is 1.19 bits per heavy atom. The third-order valence-corrected chi connectivity index (χ3v) is 9.45. The third kappa shape index (κ3) is 4.01. The standard InChI is InChI=1S/C43H28N2O2/c1-3-11-28(12-4-1)34-26-39-40(33-16-8-10-18-38(33)46-39)42-41(34)44-43(47-42)29-21-19-27(20-22-29)30-23-24-37-35(25-30)32-15-7-9-17-36(32)45(37)31-13-5-2-6-14-31/h1-26,43-44H. The minimum atomic E-state index is -0.327. The molecule has 10 rings (SSSR count). The largest absolute Gasteiger partial charge is 0.463 e. The third-order valence-electron chi connectivity index (χ3n) is 9.45. The van der Waals surface area contributed by atoms with Gasteiger partial charge < -0.3 is 19.0 Å². The highest BCUT2D eigenvalue weighted by Gasteiger charge is 2.31. The number of anilines is 1. The lowest BCUT2D eigenvalue weighted by atomic mass is 10.00. The van der Waals surface area contributed by atoms with Crippen LogP contribution in [-0.2, 0) is 0 Å². The van der Waals surface area contributed by atoms with Crippen molar-refractivity contribution >= 4 is 49.4 Å². The predicted octanol–water partition coefficient (Wildman–Crippen LogP) is 11.5. The van der Waals surface area contributed by atoms with E-state index in [2.05, 4.69) is 143 Å². The number of ether oxygens (including phenoxy) is 1. The first-order chi connectivity index (χ1) is 23.3. The molecule has 3 heterocycles. The molecule has 1 atom stereocenters. The highest BCUT2D eigenvalue weighted by molar-refractivity contribution is 6.14. The van der Waals surface area contributed by atoms with Crippen LogP contribution in [0.2, 0.25) is 0 Å². The van der Waals surface area contributed by atoms with E-state index >= 15 is 0 Å². The van der Waals surface area contributed by atoms with Gasteiger partial charge in [0.1, 0.15) is 11.2 Å². The zero-order chi connectivity index (χ0) is 30.9. The highest BCUT2D eigenvalue weighted by atomic mass is 16.5. The number of furan rings is 1. The van der Waals surface area contributed by atoms with Crippen LogP contribution in [0.15, 0.2) is 162 Å². The van der Waals surface area contributed by atoms with Crippen molar-refractivity contribution < 1.29 is 9.15 Å². The van der Waals surface area contributed by atoms with Crippen molar-refractivity contribution in [3.63, 3.8) is 0 Å². The SMILES string of the molecule is c1ccc(-c2cc3oc4ccccc4c3c3c2NC(c2ccc(-c4ccc5c(c4)c4ccccc4n5-c4ccccc4)cc2)O3)cc1. The molecular weight excluding hydrogens is 576 g/mol. The molecule has 0 saturated carbocycles. The summed E-state index contributed by atoms with van der Waals surface area (Å²) in [4.78, 5) is 0. The lowest BCUT2D eigenvalue weighted by Crippen LogP contribution is -2.10. The Labute approximate surface area is 271 Å². The normalized spacial score (nSPS) is 14.1. The predicted molar refractivity (Wildman–Crippen MR) is 192 cm³/mol. The van der Waals surface area contributed by atoms with Crippen LogP contribution in [0.1, 0.15) is 11.8 Å². The van der Waals surface area contributed by atoms with Crippen LogP contribution >= 0.6 is 0 Å². The summed E-state index contributed by atoms with van der Waals surface area (Å²) in [5.74, 6) is 0.834. The summed E-state index contributed by atoms with van der Waals surface area (Å²) in [6, 6.07) is 55.5. The Kier molecular flexibility index (Phi) is 5.60. The molecule has 1 N–H and O–H groups in total. The van der Waals surface area contributed by atoms with Crippen LogP contribution in [0.5, 0.6) is 5.75 Å². The first-order valence-corrected chi connectivity index (χ1v) is 16.0. The summed E-state index contributed by atoms with van der Waals surface area (Å²) >= 11 is 0. The quantitative estimate of drug-likeness (QED) is 0.217. The Bertz CT molecular complexity index is 2620. The molecular formula is C43H28N2O2. The molecule has 0 bridgehead atoms. The second-order valence-corrected chi connectivity index (χ2v) is 12.1. The van der Waals surface area contributed by atoms with Gasteiger partial charge in [0.2, 0.25) is 0 Å². The molecule has 0 saturated heterocycles. The topological polar surface area (TPSA) is 39.3 Å². The van der Waals surface area contributed by atoms with Crippen LogP contribution < -0.4 is 10.1 Å². The van der Waals surface area contributed by atoms with Gasteiger partial charge in [0.05, 0.1) is 22.1 Å². The van der Waals surface area contributed by atoms with Gasteiger partial charge in [-0.1, -0.05) is 115 Å². The molecule has 1 aliphatic rings. The Morgan fingerprint density at radius 1 is 0.511 bits per heavy atom. The van der Waals surface area contributed by atoms with Crippen molar-refractivity contribution in [2.45, 2.75) is 6.23 Å². The Balaban J connectivity index is 1.04. The van der Waals surface area contributed by atoms with Gasteiger partial charge in [-0.05, 0) is 59.2 Å². The van der Waals surface area contributed by atoms with E-state index in [-0.39, 0.29) is 6.23 Å². The van der Waals surface area contributed by atoms with Gasteiger partial charge in [-0.15, -0.1) is 0 Å². The van der Waals surface area contributed by atoms with Gasteiger partial charge in [-0.2, -0.15) is 0 Å².